The Bertz CT molecular complexity index is 1260. The molecule has 3 aromatic rings. The molecular weight excluding hydrogens is 574 g/mol. The largest absolute Gasteiger partial charge is 0.490 e. The molecule has 3 aromatic carbocycles. The lowest BCUT2D eigenvalue weighted by Crippen LogP contribution is -2.37. The summed E-state index contributed by atoms with van der Waals surface area (Å²) < 4.78 is 63.5. The maximum Gasteiger partial charge on any atom is 0.490 e. The highest BCUT2D eigenvalue weighted by molar-refractivity contribution is 7.99. The maximum absolute atomic E-state index is 10.6. The van der Waals surface area contributed by atoms with E-state index < -0.39 is 24.3 Å². The summed E-state index contributed by atoms with van der Waals surface area (Å²) in [6.07, 6.45) is -7.50. The monoisotopic (exact) mass is 604 g/mol. The van der Waals surface area contributed by atoms with Crippen molar-refractivity contribution in [2.24, 2.45) is 0 Å². The van der Waals surface area contributed by atoms with Crippen molar-refractivity contribution in [1.82, 2.24) is 10.2 Å². The Morgan fingerprint density at radius 3 is 2.05 bits per heavy atom. The van der Waals surface area contributed by atoms with Crippen LogP contribution in [0.15, 0.2) is 76.5 Å². The van der Waals surface area contributed by atoms with Crippen molar-refractivity contribution >= 4 is 34.5 Å². The van der Waals surface area contributed by atoms with Crippen LogP contribution >= 0.6 is 11.8 Å². The predicted molar refractivity (Wildman–Crippen MR) is 144 cm³/mol. The van der Waals surface area contributed by atoms with Gasteiger partial charge in [-0.1, -0.05) is 67.2 Å². The van der Waals surface area contributed by atoms with Crippen LogP contribution in [0.2, 0.25) is 0 Å². The number of carboxylic acid groups (broad SMARTS) is 2. The van der Waals surface area contributed by atoms with E-state index in [0.29, 0.717) is 6.04 Å². The molecule has 0 spiro atoms. The van der Waals surface area contributed by atoms with E-state index in [4.69, 9.17) is 19.8 Å². The van der Waals surface area contributed by atoms with Crippen molar-refractivity contribution in [3.05, 3.63) is 72.3 Å². The molecule has 6 nitrogen and oxygen atoms in total. The second kappa shape index (κ2) is 15.6. The zero-order chi connectivity index (χ0) is 30.6. The number of benzene rings is 3. The van der Waals surface area contributed by atoms with E-state index in [1.807, 2.05) is 11.8 Å². The summed E-state index contributed by atoms with van der Waals surface area (Å²) in [5, 5.41) is 20.6. The van der Waals surface area contributed by atoms with E-state index in [1.165, 1.54) is 52.1 Å². The van der Waals surface area contributed by atoms with E-state index in [1.54, 1.807) is 0 Å². The number of nitrogens with one attached hydrogen (secondary N) is 1. The molecule has 1 unspecified atom stereocenters. The lowest BCUT2D eigenvalue weighted by Gasteiger charge is -2.23. The molecular formula is C28H30F6N2O4S. The van der Waals surface area contributed by atoms with E-state index in [-0.39, 0.29) is 0 Å². The summed E-state index contributed by atoms with van der Waals surface area (Å²) in [5.41, 5.74) is 1.39. The number of nitrogens with zero attached hydrogens (tertiary/aromatic N) is 1. The van der Waals surface area contributed by atoms with Crippen LogP contribution < -0.4 is 5.32 Å². The minimum Gasteiger partial charge on any atom is -0.475 e. The Morgan fingerprint density at radius 1 is 0.902 bits per heavy atom. The van der Waals surface area contributed by atoms with Crippen LogP contribution in [0, 0.1) is 0 Å². The highest BCUT2D eigenvalue weighted by atomic mass is 32.2. The van der Waals surface area contributed by atoms with Gasteiger partial charge in [0.05, 0.1) is 0 Å². The van der Waals surface area contributed by atoms with Crippen molar-refractivity contribution in [3.8, 4) is 0 Å². The fourth-order valence-electron chi connectivity index (χ4n) is 4.02. The number of likely N-dealkylation sites (N-methyl/N-ethyl adjacent to an activating group) is 1. The Balaban J connectivity index is 0.000000349. The molecule has 0 aromatic heterocycles. The summed E-state index contributed by atoms with van der Waals surface area (Å²) in [6.45, 7) is 6.72. The molecule has 0 bridgehead atoms. The van der Waals surface area contributed by atoms with Gasteiger partial charge >= 0.3 is 24.3 Å². The number of alkyl halides is 6. The van der Waals surface area contributed by atoms with Gasteiger partial charge in [0.1, 0.15) is 0 Å². The fraction of sp³-hybridized carbons (Fsp3) is 0.357. The second-order valence-corrected chi connectivity index (χ2v) is 10.00. The van der Waals surface area contributed by atoms with Gasteiger partial charge < -0.3 is 15.5 Å². The molecule has 41 heavy (non-hydrogen) atoms. The molecule has 0 radical (unpaired) electrons. The van der Waals surface area contributed by atoms with Crippen LogP contribution in [0.5, 0.6) is 0 Å². The SMILES string of the molecule is CCN1CCCC1CNCc1ccccc1Sc1ccc2ccccc2c1.O=C(O)C(F)(F)F.O=C(O)C(F)(F)F. The quantitative estimate of drug-likeness (QED) is 0.255. The van der Waals surface area contributed by atoms with Crippen LogP contribution in [0.25, 0.3) is 10.8 Å². The molecule has 1 atom stereocenters. The van der Waals surface area contributed by atoms with Crippen molar-refractivity contribution in [2.45, 2.75) is 54.5 Å². The molecule has 1 heterocycles. The molecule has 0 saturated carbocycles. The molecule has 1 fully saturated rings. The summed E-state index contributed by atoms with van der Waals surface area (Å²) in [5.74, 6) is -5.51. The minimum absolute atomic E-state index is 0.704. The normalized spacial score (nSPS) is 15.4. The Kier molecular flexibility index (Phi) is 12.9. The van der Waals surface area contributed by atoms with Gasteiger partial charge in [-0.15, -0.1) is 0 Å². The average Bonchev–Trinajstić information content (AvgIpc) is 3.37. The topological polar surface area (TPSA) is 89.9 Å². The summed E-state index contributed by atoms with van der Waals surface area (Å²) in [4.78, 5) is 23.0. The third-order valence-electron chi connectivity index (χ3n) is 6.01. The van der Waals surface area contributed by atoms with Gasteiger partial charge in [0.2, 0.25) is 0 Å². The first-order chi connectivity index (χ1) is 19.2. The Labute approximate surface area is 237 Å². The number of halogens is 6. The Morgan fingerprint density at radius 2 is 1.46 bits per heavy atom. The lowest BCUT2D eigenvalue weighted by atomic mass is 10.1. The van der Waals surface area contributed by atoms with E-state index in [0.717, 1.165) is 13.1 Å². The number of hydrogen-bond donors (Lipinski definition) is 3. The molecule has 1 aliphatic rings. The summed E-state index contributed by atoms with van der Waals surface area (Å²) in [6, 6.07) is 24.8. The van der Waals surface area contributed by atoms with Crippen molar-refractivity contribution < 1.29 is 46.1 Å². The summed E-state index contributed by atoms with van der Waals surface area (Å²) in [7, 11) is 0. The molecule has 0 aliphatic carbocycles. The predicted octanol–water partition coefficient (Wildman–Crippen LogP) is 6.83. The Hall–Kier alpha value is -3.29. The van der Waals surface area contributed by atoms with Crippen LogP contribution in [0.1, 0.15) is 25.3 Å². The van der Waals surface area contributed by atoms with E-state index >= 15 is 0 Å². The first-order valence-electron chi connectivity index (χ1n) is 12.5. The van der Waals surface area contributed by atoms with Crippen molar-refractivity contribution in [2.75, 3.05) is 19.6 Å². The molecule has 13 heteroatoms. The van der Waals surface area contributed by atoms with Gasteiger partial charge in [0, 0.05) is 28.9 Å². The van der Waals surface area contributed by atoms with Gasteiger partial charge in [-0.2, -0.15) is 26.3 Å². The zero-order valence-electron chi connectivity index (χ0n) is 22.0. The molecule has 0 amide bonds. The van der Waals surface area contributed by atoms with Crippen molar-refractivity contribution in [1.29, 1.82) is 0 Å². The lowest BCUT2D eigenvalue weighted by molar-refractivity contribution is -0.193. The van der Waals surface area contributed by atoms with Gasteiger partial charge in [-0.25, -0.2) is 9.59 Å². The van der Waals surface area contributed by atoms with Crippen LogP contribution in [-0.4, -0.2) is 65.1 Å². The zero-order valence-corrected chi connectivity index (χ0v) is 22.8. The van der Waals surface area contributed by atoms with Gasteiger partial charge in [-0.05, 0) is 60.5 Å². The molecule has 4 rings (SSSR count). The van der Waals surface area contributed by atoms with Crippen LogP contribution in [0.3, 0.4) is 0 Å². The van der Waals surface area contributed by atoms with E-state index in [2.05, 4.69) is 83.9 Å². The molecule has 1 aliphatic heterocycles. The number of hydrogen-bond acceptors (Lipinski definition) is 5. The molecule has 3 N–H and O–H groups in total. The van der Waals surface area contributed by atoms with Gasteiger partial charge in [-0.3, -0.25) is 4.90 Å². The average molecular weight is 605 g/mol. The first kappa shape index (κ1) is 33.9. The van der Waals surface area contributed by atoms with Crippen molar-refractivity contribution in [3.63, 3.8) is 0 Å². The number of carbonyl (C=O) groups is 2. The van der Waals surface area contributed by atoms with Crippen LogP contribution in [-0.2, 0) is 16.1 Å². The van der Waals surface area contributed by atoms with E-state index in [9.17, 15) is 26.3 Å². The number of carboxylic acids is 2. The maximum atomic E-state index is 10.6. The standard InChI is InChI=1S/C24H28N2S.2C2HF3O2/c1-2-26-15-7-11-22(26)18-25-17-21-10-5-6-12-24(21)27-23-14-13-19-8-3-4-9-20(19)16-23;2*3-2(4,5)1(6)7/h3-6,8-10,12-14,16,22,25H,2,7,11,15,17-18H2,1H3;2*(H,6,7). The minimum atomic E-state index is -5.08. The number of rotatable bonds is 7. The van der Waals surface area contributed by atoms with Crippen LogP contribution in [0.4, 0.5) is 26.3 Å². The van der Waals surface area contributed by atoms with Gasteiger partial charge in [0.15, 0.2) is 0 Å². The van der Waals surface area contributed by atoms with Gasteiger partial charge in [0.25, 0.3) is 0 Å². The highest BCUT2D eigenvalue weighted by Gasteiger charge is 2.38. The second-order valence-electron chi connectivity index (χ2n) is 8.88. The highest BCUT2D eigenvalue weighted by Crippen LogP contribution is 2.32. The fourth-order valence-corrected chi connectivity index (χ4v) is 5.02. The number of aliphatic carboxylic acids is 2. The molecule has 224 valence electrons. The number of fused-ring (bicyclic) bond motifs is 1. The first-order valence-corrected chi connectivity index (χ1v) is 13.3. The smallest absolute Gasteiger partial charge is 0.475 e. The third kappa shape index (κ3) is 11.6. The number of likely N-dealkylation sites (tertiary alicyclic amines) is 1. The molecule has 1 saturated heterocycles. The third-order valence-corrected chi connectivity index (χ3v) is 7.11. The summed E-state index contributed by atoms with van der Waals surface area (Å²) >= 11 is 1.87.